The van der Waals surface area contributed by atoms with Crippen molar-refractivity contribution in [2.45, 2.75) is 18.2 Å². The van der Waals surface area contributed by atoms with E-state index >= 15 is 0 Å². The number of benzene rings is 1. The van der Waals surface area contributed by atoms with E-state index in [1.165, 1.54) is 5.56 Å². The highest BCUT2D eigenvalue weighted by Gasteiger charge is 2.15. The van der Waals surface area contributed by atoms with E-state index in [4.69, 9.17) is 5.11 Å². The number of rotatable bonds is 8. The summed E-state index contributed by atoms with van der Waals surface area (Å²) in [7, 11) is 0. The molecule has 92 valence electrons. The van der Waals surface area contributed by atoms with Crippen LogP contribution in [0.3, 0.4) is 0 Å². The molecular formula is C12H15NO3S. The van der Waals surface area contributed by atoms with Crippen molar-refractivity contribution in [3.8, 4) is 0 Å². The van der Waals surface area contributed by atoms with Crippen molar-refractivity contribution in [2.24, 2.45) is 0 Å². The fourth-order valence-electron chi connectivity index (χ4n) is 1.33. The molecule has 0 fully saturated rings. The van der Waals surface area contributed by atoms with E-state index in [0.29, 0.717) is 18.6 Å². The number of carboxylic acids is 1. The van der Waals surface area contributed by atoms with Gasteiger partial charge >= 0.3 is 5.97 Å². The Morgan fingerprint density at radius 2 is 2.12 bits per heavy atom. The Morgan fingerprint density at radius 1 is 1.41 bits per heavy atom. The van der Waals surface area contributed by atoms with Crippen LogP contribution in [0.4, 0.5) is 0 Å². The minimum Gasteiger partial charge on any atom is -0.480 e. The lowest BCUT2D eigenvalue weighted by Gasteiger charge is -2.10. The first-order valence-electron chi connectivity index (χ1n) is 5.28. The van der Waals surface area contributed by atoms with Gasteiger partial charge < -0.3 is 10.4 Å². The summed E-state index contributed by atoms with van der Waals surface area (Å²) < 4.78 is 0. The van der Waals surface area contributed by atoms with Crippen LogP contribution in [0.5, 0.6) is 0 Å². The third-order valence-electron chi connectivity index (χ3n) is 2.23. The summed E-state index contributed by atoms with van der Waals surface area (Å²) in [5, 5.41) is 11.1. The molecule has 1 unspecified atom stereocenters. The van der Waals surface area contributed by atoms with Gasteiger partial charge in [0.05, 0.1) is 0 Å². The summed E-state index contributed by atoms with van der Waals surface area (Å²) in [6, 6.07) is 9.20. The molecule has 4 nitrogen and oxygen atoms in total. The van der Waals surface area contributed by atoms with Crippen LogP contribution in [-0.2, 0) is 15.3 Å². The summed E-state index contributed by atoms with van der Waals surface area (Å²) >= 11 is 1.66. The first-order valence-corrected chi connectivity index (χ1v) is 6.43. The number of nitrogens with one attached hydrogen (secondary N) is 1. The van der Waals surface area contributed by atoms with Crippen LogP contribution in [0.2, 0.25) is 0 Å². The smallest absolute Gasteiger partial charge is 0.326 e. The van der Waals surface area contributed by atoms with Crippen molar-refractivity contribution < 1.29 is 14.7 Å². The van der Waals surface area contributed by atoms with Gasteiger partial charge in [-0.25, -0.2) is 4.79 Å². The quantitative estimate of drug-likeness (QED) is 0.544. The molecule has 0 aliphatic carbocycles. The second-order valence-corrected chi connectivity index (χ2v) is 4.61. The lowest BCUT2D eigenvalue weighted by Crippen LogP contribution is -2.36. The minimum absolute atomic E-state index is 0.431. The average molecular weight is 253 g/mol. The monoisotopic (exact) mass is 253 g/mol. The molecular weight excluding hydrogens is 238 g/mol. The molecule has 0 saturated carbocycles. The van der Waals surface area contributed by atoms with Gasteiger partial charge in [0.2, 0.25) is 6.41 Å². The third kappa shape index (κ3) is 5.40. The van der Waals surface area contributed by atoms with E-state index in [-0.39, 0.29) is 0 Å². The molecule has 5 heteroatoms. The molecule has 0 spiro atoms. The van der Waals surface area contributed by atoms with Gasteiger partial charge in [-0.3, -0.25) is 4.79 Å². The Kier molecular flexibility index (Phi) is 6.17. The van der Waals surface area contributed by atoms with Crippen LogP contribution < -0.4 is 5.32 Å². The van der Waals surface area contributed by atoms with E-state index in [0.717, 1.165) is 5.75 Å². The van der Waals surface area contributed by atoms with Crippen molar-refractivity contribution in [2.75, 3.05) is 5.75 Å². The molecule has 0 saturated heterocycles. The standard InChI is InChI=1S/C12H15NO3S/c14-9-13-11(12(15)16)6-7-17-8-10-4-2-1-3-5-10/h1-5,9,11H,6-8H2,(H,13,14)(H,15,16). The number of carbonyl (C=O) groups excluding carboxylic acids is 1. The fourth-order valence-corrected chi connectivity index (χ4v) is 2.30. The zero-order valence-electron chi connectivity index (χ0n) is 9.33. The molecule has 1 rings (SSSR count). The van der Waals surface area contributed by atoms with Gasteiger partial charge in [0, 0.05) is 5.75 Å². The maximum Gasteiger partial charge on any atom is 0.326 e. The third-order valence-corrected chi connectivity index (χ3v) is 3.29. The minimum atomic E-state index is -0.989. The Morgan fingerprint density at radius 3 is 2.71 bits per heavy atom. The lowest BCUT2D eigenvalue weighted by atomic mass is 10.2. The molecule has 0 radical (unpaired) electrons. The molecule has 0 aliphatic rings. The van der Waals surface area contributed by atoms with Crippen molar-refractivity contribution in [3.05, 3.63) is 35.9 Å². The first-order chi connectivity index (χ1) is 8.24. The molecule has 1 aromatic carbocycles. The van der Waals surface area contributed by atoms with Crippen LogP contribution in [0.15, 0.2) is 30.3 Å². The van der Waals surface area contributed by atoms with Crippen LogP contribution in [0.25, 0.3) is 0 Å². The topological polar surface area (TPSA) is 66.4 Å². The zero-order chi connectivity index (χ0) is 12.5. The summed E-state index contributed by atoms with van der Waals surface area (Å²) in [6.07, 6.45) is 0.867. The summed E-state index contributed by atoms with van der Waals surface area (Å²) in [5.74, 6) is 0.568. The second kappa shape index (κ2) is 7.73. The van der Waals surface area contributed by atoms with Gasteiger partial charge in [0.15, 0.2) is 0 Å². The highest BCUT2D eigenvalue weighted by atomic mass is 32.2. The van der Waals surface area contributed by atoms with Crippen LogP contribution in [0, 0.1) is 0 Å². The SMILES string of the molecule is O=CNC(CCSCc1ccccc1)C(=O)O. The number of amides is 1. The van der Waals surface area contributed by atoms with Crippen molar-refractivity contribution >= 4 is 24.1 Å². The highest BCUT2D eigenvalue weighted by Crippen LogP contribution is 2.13. The number of hydrogen-bond donors (Lipinski definition) is 2. The molecule has 0 aromatic heterocycles. The van der Waals surface area contributed by atoms with E-state index in [2.05, 4.69) is 5.32 Å². The molecule has 17 heavy (non-hydrogen) atoms. The van der Waals surface area contributed by atoms with Gasteiger partial charge in [-0.15, -0.1) is 0 Å². The first kappa shape index (κ1) is 13.6. The van der Waals surface area contributed by atoms with Gasteiger partial charge in [0.25, 0.3) is 0 Å². The molecule has 1 amide bonds. The predicted octanol–water partition coefficient (Wildman–Crippen LogP) is 1.51. The summed E-state index contributed by atoms with van der Waals surface area (Å²) in [4.78, 5) is 20.9. The fraction of sp³-hybridized carbons (Fsp3) is 0.333. The number of hydrogen-bond acceptors (Lipinski definition) is 3. The van der Waals surface area contributed by atoms with Crippen molar-refractivity contribution in [3.63, 3.8) is 0 Å². The average Bonchev–Trinajstić information content (AvgIpc) is 2.34. The number of carboxylic acid groups (broad SMARTS) is 1. The number of thioether (sulfide) groups is 1. The normalized spacial score (nSPS) is 11.8. The van der Waals surface area contributed by atoms with Crippen LogP contribution >= 0.6 is 11.8 Å². The molecule has 2 N–H and O–H groups in total. The predicted molar refractivity (Wildman–Crippen MR) is 67.8 cm³/mol. The second-order valence-electron chi connectivity index (χ2n) is 3.50. The zero-order valence-corrected chi connectivity index (χ0v) is 10.2. The number of aliphatic carboxylic acids is 1. The molecule has 0 aliphatic heterocycles. The molecule has 1 atom stereocenters. The van der Waals surface area contributed by atoms with E-state index in [1.54, 1.807) is 11.8 Å². The molecule has 0 heterocycles. The largest absolute Gasteiger partial charge is 0.480 e. The Labute approximate surface area is 104 Å². The summed E-state index contributed by atoms with van der Waals surface area (Å²) in [5.41, 5.74) is 1.22. The van der Waals surface area contributed by atoms with Gasteiger partial charge in [0.1, 0.15) is 6.04 Å². The number of carbonyl (C=O) groups is 2. The highest BCUT2D eigenvalue weighted by molar-refractivity contribution is 7.98. The Hall–Kier alpha value is -1.49. The van der Waals surface area contributed by atoms with Gasteiger partial charge in [-0.1, -0.05) is 30.3 Å². The van der Waals surface area contributed by atoms with Gasteiger partial charge in [-0.2, -0.15) is 11.8 Å². The van der Waals surface area contributed by atoms with Crippen molar-refractivity contribution in [1.82, 2.24) is 5.32 Å². The lowest BCUT2D eigenvalue weighted by molar-refractivity contribution is -0.140. The van der Waals surface area contributed by atoms with E-state index in [9.17, 15) is 9.59 Å². The molecule has 1 aromatic rings. The van der Waals surface area contributed by atoms with Crippen molar-refractivity contribution in [1.29, 1.82) is 0 Å². The summed E-state index contributed by atoms with van der Waals surface area (Å²) in [6.45, 7) is 0. The van der Waals surface area contributed by atoms with Crippen LogP contribution in [-0.4, -0.2) is 29.3 Å². The van der Waals surface area contributed by atoms with E-state index < -0.39 is 12.0 Å². The molecule has 0 bridgehead atoms. The van der Waals surface area contributed by atoms with Gasteiger partial charge in [-0.05, 0) is 17.7 Å². The van der Waals surface area contributed by atoms with Crippen LogP contribution in [0.1, 0.15) is 12.0 Å². The maximum absolute atomic E-state index is 10.7. The maximum atomic E-state index is 10.7. The Bertz CT molecular complexity index is 356. The Balaban J connectivity index is 2.23. The van der Waals surface area contributed by atoms with E-state index in [1.807, 2.05) is 30.3 Å².